The van der Waals surface area contributed by atoms with Gasteiger partial charge in [-0.05, 0) is 37.0 Å². The van der Waals surface area contributed by atoms with E-state index in [-0.39, 0.29) is 29.8 Å². The van der Waals surface area contributed by atoms with Crippen LogP contribution in [0.15, 0.2) is 29.3 Å². The standard InChI is InChI=1S/C19H26FN3O.HI/c1-21-18(22-12-13-4-6-14(20)7-5-13)23-16-15-8-11-24-17(15)19(16)9-2-3-10-19;/h4-7,15-17H,2-3,8-12H2,1H3,(H2,21,22,23);1H. The molecule has 2 saturated carbocycles. The highest BCUT2D eigenvalue weighted by Crippen LogP contribution is 2.60. The van der Waals surface area contributed by atoms with Crippen molar-refractivity contribution in [3.63, 3.8) is 0 Å². The second-order valence-electron chi connectivity index (χ2n) is 7.36. The molecule has 0 bridgehead atoms. The molecule has 25 heavy (non-hydrogen) atoms. The Hall–Kier alpha value is -0.890. The van der Waals surface area contributed by atoms with Crippen molar-refractivity contribution in [2.24, 2.45) is 16.3 Å². The molecule has 1 spiro atoms. The summed E-state index contributed by atoms with van der Waals surface area (Å²) in [6, 6.07) is 7.06. The third-order valence-electron chi connectivity index (χ3n) is 6.18. The third kappa shape index (κ3) is 3.39. The number of hydrogen-bond donors (Lipinski definition) is 2. The number of fused-ring (bicyclic) bond motifs is 2. The highest BCUT2D eigenvalue weighted by molar-refractivity contribution is 14.0. The second kappa shape index (κ2) is 7.78. The van der Waals surface area contributed by atoms with E-state index in [1.807, 2.05) is 7.05 Å². The number of benzene rings is 1. The van der Waals surface area contributed by atoms with Crippen LogP contribution in [0.2, 0.25) is 0 Å². The summed E-state index contributed by atoms with van der Waals surface area (Å²) >= 11 is 0. The molecule has 1 heterocycles. The zero-order valence-electron chi connectivity index (χ0n) is 14.6. The van der Waals surface area contributed by atoms with Gasteiger partial charge in [-0.15, -0.1) is 24.0 Å². The topological polar surface area (TPSA) is 45.7 Å². The number of ether oxygens (including phenoxy) is 1. The van der Waals surface area contributed by atoms with Crippen molar-refractivity contribution in [2.75, 3.05) is 13.7 Å². The van der Waals surface area contributed by atoms with Crippen molar-refractivity contribution in [3.05, 3.63) is 35.6 Å². The quantitative estimate of drug-likeness (QED) is 0.414. The van der Waals surface area contributed by atoms with Crippen molar-refractivity contribution in [3.8, 4) is 0 Å². The number of nitrogens with zero attached hydrogens (tertiary/aromatic N) is 1. The van der Waals surface area contributed by atoms with Crippen molar-refractivity contribution >= 4 is 29.9 Å². The summed E-state index contributed by atoms with van der Waals surface area (Å²) in [6.07, 6.45) is 6.76. The fourth-order valence-corrected chi connectivity index (χ4v) is 5.03. The summed E-state index contributed by atoms with van der Waals surface area (Å²) < 4.78 is 19.0. The van der Waals surface area contributed by atoms with Crippen molar-refractivity contribution in [2.45, 2.75) is 50.8 Å². The van der Waals surface area contributed by atoms with Gasteiger partial charge in [-0.3, -0.25) is 4.99 Å². The smallest absolute Gasteiger partial charge is 0.191 e. The molecule has 1 aliphatic heterocycles. The monoisotopic (exact) mass is 459 g/mol. The van der Waals surface area contributed by atoms with Crippen LogP contribution in [0.25, 0.3) is 0 Å². The maximum absolute atomic E-state index is 13.0. The molecule has 3 aliphatic rings. The molecule has 2 aliphatic carbocycles. The fraction of sp³-hybridized carbons (Fsp3) is 0.632. The molecule has 0 aromatic heterocycles. The summed E-state index contributed by atoms with van der Waals surface area (Å²) in [4.78, 5) is 4.39. The van der Waals surface area contributed by atoms with Gasteiger partial charge < -0.3 is 15.4 Å². The highest BCUT2D eigenvalue weighted by Gasteiger charge is 2.65. The largest absolute Gasteiger partial charge is 0.377 e. The predicted molar refractivity (Wildman–Crippen MR) is 108 cm³/mol. The van der Waals surface area contributed by atoms with Gasteiger partial charge in [-0.2, -0.15) is 0 Å². The molecule has 6 heteroatoms. The molecule has 0 amide bonds. The Labute approximate surface area is 166 Å². The van der Waals surface area contributed by atoms with Crippen molar-refractivity contribution in [1.82, 2.24) is 10.6 Å². The van der Waals surface area contributed by atoms with Gasteiger partial charge in [0.2, 0.25) is 0 Å². The van der Waals surface area contributed by atoms with Crippen LogP contribution in [0.3, 0.4) is 0 Å². The zero-order valence-corrected chi connectivity index (χ0v) is 17.0. The van der Waals surface area contributed by atoms with Crippen LogP contribution in [0.4, 0.5) is 4.39 Å². The van der Waals surface area contributed by atoms with E-state index in [1.165, 1.54) is 37.8 Å². The van der Waals surface area contributed by atoms with E-state index in [1.54, 1.807) is 12.1 Å². The Bertz CT molecular complexity index is 616. The molecule has 3 fully saturated rings. The van der Waals surface area contributed by atoms with E-state index < -0.39 is 0 Å². The SMILES string of the molecule is CN=C(NCc1ccc(F)cc1)NC1C2CCOC2C12CCCC2.I. The van der Waals surface area contributed by atoms with Crippen LogP contribution in [-0.4, -0.2) is 31.8 Å². The first-order valence-corrected chi connectivity index (χ1v) is 9.06. The highest BCUT2D eigenvalue weighted by atomic mass is 127. The first-order chi connectivity index (χ1) is 11.7. The summed E-state index contributed by atoms with van der Waals surface area (Å²) in [5, 5.41) is 7.04. The summed E-state index contributed by atoms with van der Waals surface area (Å²) in [5.74, 6) is 1.25. The fourth-order valence-electron chi connectivity index (χ4n) is 5.03. The molecule has 0 radical (unpaired) electrons. The Morgan fingerprint density at radius 3 is 2.68 bits per heavy atom. The molecule has 3 unspecified atom stereocenters. The van der Waals surface area contributed by atoms with Gasteiger partial charge in [0.1, 0.15) is 5.82 Å². The molecule has 1 aromatic rings. The average molecular weight is 459 g/mol. The maximum atomic E-state index is 13.0. The van der Waals surface area contributed by atoms with Crippen LogP contribution in [0.5, 0.6) is 0 Å². The molecule has 2 N–H and O–H groups in total. The van der Waals surface area contributed by atoms with Crippen LogP contribution in [0.1, 0.15) is 37.7 Å². The number of guanidine groups is 1. The lowest BCUT2D eigenvalue weighted by Gasteiger charge is -2.57. The summed E-state index contributed by atoms with van der Waals surface area (Å²) in [5.41, 5.74) is 1.36. The van der Waals surface area contributed by atoms with Crippen LogP contribution in [-0.2, 0) is 11.3 Å². The van der Waals surface area contributed by atoms with Crippen LogP contribution < -0.4 is 10.6 Å². The Balaban J connectivity index is 0.00000182. The van der Waals surface area contributed by atoms with Gasteiger partial charge >= 0.3 is 0 Å². The van der Waals surface area contributed by atoms with Gasteiger partial charge in [0, 0.05) is 37.6 Å². The maximum Gasteiger partial charge on any atom is 0.191 e. The molecule has 1 saturated heterocycles. The van der Waals surface area contributed by atoms with Crippen molar-refractivity contribution < 1.29 is 9.13 Å². The van der Waals surface area contributed by atoms with Gasteiger partial charge in [0.05, 0.1) is 6.10 Å². The lowest BCUT2D eigenvalue weighted by Crippen LogP contribution is -2.69. The third-order valence-corrected chi connectivity index (χ3v) is 6.18. The van der Waals surface area contributed by atoms with E-state index in [2.05, 4.69) is 15.6 Å². The van der Waals surface area contributed by atoms with Crippen LogP contribution >= 0.6 is 24.0 Å². The summed E-state index contributed by atoms with van der Waals surface area (Å²) in [6.45, 7) is 1.54. The van der Waals surface area contributed by atoms with E-state index in [4.69, 9.17) is 4.74 Å². The van der Waals surface area contributed by atoms with E-state index in [0.717, 1.165) is 24.6 Å². The lowest BCUT2D eigenvalue weighted by molar-refractivity contribution is -0.125. The normalized spacial score (nSPS) is 29.7. The minimum absolute atomic E-state index is 0. The molecular formula is C19H27FIN3O. The van der Waals surface area contributed by atoms with E-state index >= 15 is 0 Å². The minimum Gasteiger partial charge on any atom is -0.377 e. The van der Waals surface area contributed by atoms with Gasteiger partial charge in [-0.1, -0.05) is 25.0 Å². The number of rotatable bonds is 3. The second-order valence-corrected chi connectivity index (χ2v) is 7.36. The average Bonchev–Trinajstić information content (AvgIpc) is 3.25. The molecule has 138 valence electrons. The molecule has 4 nitrogen and oxygen atoms in total. The first kappa shape index (κ1) is 18.9. The summed E-state index contributed by atoms with van der Waals surface area (Å²) in [7, 11) is 1.81. The zero-order chi connectivity index (χ0) is 16.6. The Morgan fingerprint density at radius 2 is 2.00 bits per heavy atom. The number of nitrogens with one attached hydrogen (secondary N) is 2. The molecule has 4 rings (SSSR count). The first-order valence-electron chi connectivity index (χ1n) is 9.06. The van der Waals surface area contributed by atoms with Gasteiger partial charge in [-0.25, -0.2) is 4.39 Å². The number of halogens is 2. The van der Waals surface area contributed by atoms with Crippen molar-refractivity contribution in [1.29, 1.82) is 0 Å². The van der Waals surface area contributed by atoms with Gasteiger partial charge in [0.15, 0.2) is 5.96 Å². The number of aliphatic imine (C=N–C) groups is 1. The van der Waals surface area contributed by atoms with Gasteiger partial charge in [0.25, 0.3) is 0 Å². The Kier molecular flexibility index (Phi) is 5.88. The minimum atomic E-state index is -0.203. The molecule has 3 atom stereocenters. The van der Waals surface area contributed by atoms with Crippen LogP contribution in [0, 0.1) is 17.2 Å². The lowest BCUT2D eigenvalue weighted by atomic mass is 9.54. The predicted octanol–water partition coefficient (Wildman–Crippen LogP) is 3.46. The molecular weight excluding hydrogens is 432 g/mol. The van der Waals surface area contributed by atoms with E-state index in [0.29, 0.717) is 30.0 Å². The Morgan fingerprint density at radius 1 is 1.28 bits per heavy atom. The van der Waals surface area contributed by atoms with E-state index in [9.17, 15) is 4.39 Å². The molecule has 1 aromatic carbocycles. The number of hydrogen-bond acceptors (Lipinski definition) is 2.